The zero-order chi connectivity index (χ0) is 18.2. The van der Waals surface area contributed by atoms with E-state index in [2.05, 4.69) is 71.0 Å². The Kier molecular flexibility index (Phi) is 3.84. The molecule has 1 N–H and O–H groups in total. The van der Waals surface area contributed by atoms with E-state index in [0.29, 0.717) is 5.95 Å². The molecule has 5 aromatic rings. The van der Waals surface area contributed by atoms with Gasteiger partial charge < -0.3 is 5.32 Å². The lowest BCUT2D eigenvalue weighted by atomic mass is 10.1. The average molecular weight is 367 g/mol. The summed E-state index contributed by atoms with van der Waals surface area (Å²) in [5.74, 6) is 0.628. The fourth-order valence-corrected chi connectivity index (χ4v) is 4.49. The molecular formula is C23H17N3S. The van der Waals surface area contributed by atoms with E-state index in [4.69, 9.17) is 4.98 Å². The van der Waals surface area contributed by atoms with Crippen LogP contribution in [0.1, 0.15) is 0 Å². The van der Waals surface area contributed by atoms with Gasteiger partial charge in [0.2, 0.25) is 5.95 Å². The molecule has 130 valence electrons. The SMILES string of the molecule is CNc1nc(-c2ccccc2)cc(-c2ccc3c(c2)sc2ccccc23)n1. The molecule has 0 atom stereocenters. The summed E-state index contributed by atoms with van der Waals surface area (Å²) in [7, 11) is 1.85. The maximum absolute atomic E-state index is 4.69. The van der Waals surface area contributed by atoms with Gasteiger partial charge in [-0.15, -0.1) is 11.3 Å². The van der Waals surface area contributed by atoms with Crippen molar-refractivity contribution in [2.24, 2.45) is 0 Å². The molecule has 0 amide bonds. The molecule has 0 spiro atoms. The van der Waals surface area contributed by atoms with E-state index in [1.54, 1.807) is 0 Å². The van der Waals surface area contributed by atoms with Crippen molar-refractivity contribution < 1.29 is 0 Å². The number of fused-ring (bicyclic) bond motifs is 3. The monoisotopic (exact) mass is 367 g/mol. The summed E-state index contributed by atoms with van der Waals surface area (Å²) in [5, 5.41) is 5.70. The Morgan fingerprint density at radius 1 is 0.667 bits per heavy atom. The molecule has 0 aliphatic rings. The molecule has 3 aromatic carbocycles. The Balaban J connectivity index is 1.68. The van der Waals surface area contributed by atoms with Crippen LogP contribution in [-0.2, 0) is 0 Å². The minimum absolute atomic E-state index is 0.628. The molecule has 0 saturated heterocycles. The van der Waals surface area contributed by atoms with Crippen molar-refractivity contribution in [1.82, 2.24) is 9.97 Å². The van der Waals surface area contributed by atoms with Gasteiger partial charge in [-0.1, -0.05) is 60.7 Å². The normalized spacial score (nSPS) is 11.1. The summed E-state index contributed by atoms with van der Waals surface area (Å²) in [5.41, 5.74) is 4.03. The summed E-state index contributed by atoms with van der Waals surface area (Å²) < 4.78 is 2.59. The summed E-state index contributed by atoms with van der Waals surface area (Å²) in [4.78, 5) is 9.32. The third kappa shape index (κ3) is 2.84. The minimum atomic E-state index is 0.628. The van der Waals surface area contributed by atoms with Crippen LogP contribution in [0.25, 0.3) is 42.7 Å². The number of hydrogen-bond acceptors (Lipinski definition) is 4. The van der Waals surface area contributed by atoms with Crippen molar-refractivity contribution in [1.29, 1.82) is 0 Å². The number of nitrogens with one attached hydrogen (secondary N) is 1. The molecule has 0 fully saturated rings. The Hall–Kier alpha value is -3.24. The summed E-state index contributed by atoms with van der Waals surface area (Å²) >= 11 is 1.82. The number of nitrogens with zero attached hydrogens (tertiary/aromatic N) is 2. The molecule has 27 heavy (non-hydrogen) atoms. The van der Waals surface area contributed by atoms with E-state index >= 15 is 0 Å². The van der Waals surface area contributed by atoms with Crippen LogP contribution < -0.4 is 5.32 Å². The molecule has 2 heterocycles. The largest absolute Gasteiger partial charge is 0.357 e. The third-order valence-electron chi connectivity index (χ3n) is 4.69. The predicted molar refractivity (Wildman–Crippen MR) is 115 cm³/mol. The van der Waals surface area contributed by atoms with E-state index in [0.717, 1.165) is 22.5 Å². The first-order valence-electron chi connectivity index (χ1n) is 8.86. The van der Waals surface area contributed by atoms with Crippen molar-refractivity contribution in [2.75, 3.05) is 12.4 Å². The molecule has 0 aliphatic heterocycles. The van der Waals surface area contributed by atoms with Crippen molar-refractivity contribution >= 4 is 37.5 Å². The number of hydrogen-bond donors (Lipinski definition) is 1. The number of benzene rings is 3. The standard InChI is InChI=1S/C23H17N3S/c1-24-23-25-19(15-7-3-2-4-8-15)14-20(26-23)16-11-12-18-17-9-5-6-10-21(17)27-22(18)13-16/h2-14H,1H3,(H,24,25,26). The van der Waals surface area contributed by atoms with Crippen molar-refractivity contribution in [3.05, 3.63) is 78.9 Å². The molecule has 0 radical (unpaired) electrons. The molecule has 0 unspecified atom stereocenters. The predicted octanol–water partition coefficient (Wildman–Crippen LogP) is 6.22. The van der Waals surface area contributed by atoms with Crippen LogP contribution in [0, 0.1) is 0 Å². The Morgan fingerprint density at radius 3 is 2.19 bits per heavy atom. The lowest BCUT2D eigenvalue weighted by Crippen LogP contribution is -1.99. The first-order chi connectivity index (χ1) is 13.3. The highest BCUT2D eigenvalue weighted by Gasteiger charge is 2.10. The highest BCUT2D eigenvalue weighted by molar-refractivity contribution is 7.25. The van der Waals surface area contributed by atoms with Gasteiger partial charge in [0.25, 0.3) is 0 Å². The van der Waals surface area contributed by atoms with E-state index < -0.39 is 0 Å². The molecule has 2 aromatic heterocycles. The van der Waals surface area contributed by atoms with Gasteiger partial charge in [0.05, 0.1) is 11.4 Å². The summed E-state index contributed by atoms with van der Waals surface area (Å²) in [6, 6.07) is 27.4. The first-order valence-corrected chi connectivity index (χ1v) is 9.67. The smallest absolute Gasteiger partial charge is 0.223 e. The van der Waals surface area contributed by atoms with E-state index in [1.807, 2.05) is 36.6 Å². The Labute approximate surface area is 161 Å². The van der Waals surface area contributed by atoms with Crippen LogP contribution in [0.2, 0.25) is 0 Å². The fourth-order valence-electron chi connectivity index (χ4n) is 3.35. The molecule has 3 nitrogen and oxygen atoms in total. The molecular weight excluding hydrogens is 350 g/mol. The van der Waals surface area contributed by atoms with Crippen LogP contribution in [0.15, 0.2) is 78.9 Å². The van der Waals surface area contributed by atoms with Gasteiger partial charge in [0, 0.05) is 38.3 Å². The van der Waals surface area contributed by atoms with Crippen LogP contribution in [0.4, 0.5) is 5.95 Å². The number of rotatable bonds is 3. The Morgan fingerprint density at radius 2 is 1.37 bits per heavy atom. The van der Waals surface area contributed by atoms with Gasteiger partial charge in [-0.05, 0) is 18.2 Å². The fraction of sp³-hybridized carbons (Fsp3) is 0.0435. The quantitative estimate of drug-likeness (QED) is 0.411. The van der Waals surface area contributed by atoms with Crippen LogP contribution in [-0.4, -0.2) is 17.0 Å². The van der Waals surface area contributed by atoms with Crippen molar-refractivity contribution in [3.63, 3.8) is 0 Å². The lowest BCUT2D eigenvalue weighted by molar-refractivity contribution is 1.16. The van der Waals surface area contributed by atoms with Gasteiger partial charge in [-0.25, -0.2) is 9.97 Å². The zero-order valence-electron chi connectivity index (χ0n) is 14.8. The van der Waals surface area contributed by atoms with Crippen LogP contribution >= 0.6 is 11.3 Å². The molecule has 0 aliphatic carbocycles. The number of thiophene rings is 1. The number of aromatic nitrogens is 2. The lowest BCUT2D eigenvalue weighted by Gasteiger charge is -2.08. The van der Waals surface area contributed by atoms with Gasteiger partial charge in [-0.3, -0.25) is 0 Å². The molecule has 0 saturated carbocycles. The van der Waals surface area contributed by atoms with Gasteiger partial charge >= 0.3 is 0 Å². The summed E-state index contributed by atoms with van der Waals surface area (Å²) in [6.07, 6.45) is 0. The topological polar surface area (TPSA) is 37.8 Å². The molecule has 5 rings (SSSR count). The number of anilines is 1. The first kappa shape index (κ1) is 16.0. The highest BCUT2D eigenvalue weighted by Crippen LogP contribution is 2.36. The minimum Gasteiger partial charge on any atom is -0.357 e. The molecule has 0 bridgehead atoms. The third-order valence-corrected chi connectivity index (χ3v) is 5.83. The maximum atomic E-state index is 4.69. The van der Waals surface area contributed by atoms with Crippen molar-refractivity contribution in [2.45, 2.75) is 0 Å². The van der Waals surface area contributed by atoms with Crippen molar-refractivity contribution in [3.8, 4) is 22.5 Å². The highest BCUT2D eigenvalue weighted by atomic mass is 32.1. The second-order valence-corrected chi connectivity index (χ2v) is 7.47. The zero-order valence-corrected chi connectivity index (χ0v) is 15.6. The van der Waals surface area contributed by atoms with E-state index in [9.17, 15) is 0 Å². The Bertz CT molecular complexity index is 1260. The van der Waals surface area contributed by atoms with E-state index in [1.165, 1.54) is 20.2 Å². The van der Waals surface area contributed by atoms with E-state index in [-0.39, 0.29) is 0 Å². The maximum Gasteiger partial charge on any atom is 0.223 e. The van der Waals surface area contributed by atoms with Gasteiger partial charge in [0.15, 0.2) is 0 Å². The summed E-state index contributed by atoms with van der Waals surface area (Å²) in [6.45, 7) is 0. The average Bonchev–Trinajstić information content (AvgIpc) is 3.12. The van der Waals surface area contributed by atoms with Crippen LogP contribution in [0.3, 0.4) is 0 Å². The van der Waals surface area contributed by atoms with Gasteiger partial charge in [-0.2, -0.15) is 0 Å². The second kappa shape index (κ2) is 6.49. The molecule has 4 heteroatoms. The second-order valence-electron chi connectivity index (χ2n) is 6.39. The van der Waals surface area contributed by atoms with Crippen LogP contribution in [0.5, 0.6) is 0 Å². The van der Waals surface area contributed by atoms with Gasteiger partial charge in [0.1, 0.15) is 0 Å².